The lowest BCUT2D eigenvalue weighted by Gasteiger charge is -2.04. The van der Waals surface area contributed by atoms with E-state index in [0.29, 0.717) is 22.1 Å². The Hall–Kier alpha value is -3.06. The molecular formula is C16H9NO3. The number of fused-ring (bicyclic) bond motifs is 1. The van der Waals surface area contributed by atoms with Gasteiger partial charge in [0.25, 0.3) is 0 Å². The van der Waals surface area contributed by atoms with Gasteiger partial charge in [0.15, 0.2) is 5.58 Å². The summed E-state index contributed by atoms with van der Waals surface area (Å²) in [6.45, 7) is 0. The molecular weight excluding hydrogens is 254 g/mol. The molecule has 96 valence electrons. The van der Waals surface area contributed by atoms with Crippen LogP contribution in [0.3, 0.4) is 0 Å². The molecule has 0 fully saturated rings. The van der Waals surface area contributed by atoms with Gasteiger partial charge in [-0.15, -0.1) is 0 Å². The second-order valence-corrected chi connectivity index (χ2v) is 4.33. The molecule has 0 spiro atoms. The van der Waals surface area contributed by atoms with E-state index in [0.717, 1.165) is 0 Å². The Morgan fingerprint density at radius 1 is 1.10 bits per heavy atom. The number of hydrogen-bond donors (Lipinski definition) is 1. The predicted molar refractivity (Wildman–Crippen MR) is 74.3 cm³/mol. The van der Waals surface area contributed by atoms with Crippen molar-refractivity contribution in [1.29, 1.82) is 5.26 Å². The third-order valence-corrected chi connectivity index (χ3v) is 3.04. The number of aromatic hydroxyl groups is 1. The van der Waals surface area contributed by atoms with Crippen LogP contribution in [-0.4, -0.2) is 5.11 Å². The van der Waals surface area contributed by atoms with Crippen LogP contribution in [-0.2, 0) is 0 Å². The van der Waals surface area contributed by atoms with Crippen molar-refractivity contribution >= 4 is 11.0 Å². The van der Waals surface area contributed by atoms with Crippen molar-refractivity contribution in [2.24, 2.45) is 0 Å². The summed E-state index contributed by atoms with van der Waals surface area (Å²) in [5, 5.41) is 19.2. The molecule has 20 heavy (non-hydrogen) atoms. The van der Waals surface area contributed by atoms with Gasteiger partial charge in [-0.2, -0.15) is 5.26 Å². The van der Waals surface area contributed by atoms with Gasteiger partial charge < -0.3 is 9.52 Å². The Kier molecular flexibility index (Phi) is 2.73. The molecule has 4 heteroatoms. The average Bonchev–Trinajstić information content (AvgIpc) is 2.46. The molecule has 0 saturated carbocycles. The van der Waals surface area contributed by atoms with Crippen LogP contribution in [0.2, 0.25) is 0 Å². The summed E-state index contributed by atoms with van der Waals surface area (Å²) in [5.41, 5.74) is 0.989. The standard InChI is InChI=1S/C16H9NO3/c17-9-12-5-1-4-11-8-14(16(19)20-15(11)12)10-3-2-6-13(18)7-10/h1-8,18H. The van der Waals surface area contributed by atoms with Crippen molar-refractivity contribution in [1.82, 2.24) is 0 Å². The Balaban J connectivity index is 2.32. The van der Waals surface area contributed by atoms with Crippen molar-refractivity contribution in [3.63, 3.8) is 0 Å². The smallest absolute Gasteiger partial charge is 0.344 e. The van der Waals surface area contributed by atoms with E-state index < -0.39 is 5.63 Å². The lowest BCUT2D eigenvalue weighted by atomic mass is 10.0. The average molecular weight is 263 g/mol. The third-order valence-electron chi connectivity index (χ3n) is 3.04. The van der Waals surface area contributed by atoms with E-state index in [-0.39, 0.29) is 11.3 Å². The topological polar surface area (TPSA) is 74.2 Å². The Morgan fingerprint density at radius 2 is 1.90 bits per heavy atom. The molecule has 0 radical (unpaired) electrons. The zero-order chi connectivity index (χ0) is 14.1. The fourth-order valence-electron chi connectivity index (χ4n) is 2.11. The predicted octanol–water partition coefficient (Wildman–Crippen LogP) is 3.04. The minimum atomic E-state index is -0.536. The van der Waals surface area contributed by atoms with Gasteiger partial charge in [-0.1, -0.05) is 24.3 Å². The summed E-state index contributed by atoms with van der Waals surface area (Å²) in [6, 6.07) is 15.1. The number of rotatable bonds is 1. The van der Waals surface area contributed by atoms with Crippen molar-refractivity contribution < 1.29 is 9.52 Å². The van der Waals surface area contributed by atoms with E-state index in [9.17, 15) is 9.90 Å². The zero-order valence-corrected chi connectivity index (χ0v) is 10.3. The summed E-state index contributed by atoms with van der Waals surface area (Å²) in [4.78, 5) is 12.1. The highest BCUT2D eigenvalue weighted by Gasteiger charge is 2.10. The highest BCUT2D eigenvalue weighted by Crippen LogP contribution is 2.25. The minimum absolute atomic E-state index is 0.0766. The van der Waals surface area contributed by atoms with E-state index in [1.165, 1.54) is 12.1 Å². The molecule has 1 heterocycles. The first-order chi connectivity index (χ1) is 9.69. The van der Waals surface area contributed by atoms with Crippen LogP contribution in [0.15, 0.2) is 57.7 Å². The molecule has 0 unspecified atom stereocenters. The summed E-state index contributed by atoms with van der Waals surface area (Å²) in [7, 11) is 0. The summed E-state index contributed by atoms with van der Waals surface area (Å²) >= 11 is 0. The molecule has 3 aromatic rings. The SMILES string of the molecule is N#Cc1cccc2cc(-c3cccc(O)c3)c(=O)oc12. The quantitative estimate of drug-likeness (QED) is 0.685. The maximum Gasteiger partial charge on any atom is 0.344 e. The van der Waals surface area contributed by atoms with Crippen molar-refractivity contribution in [3.8, 4) is 22.9 Å². The number of benzene rings is 2. The van der Waals surface area contributed by atoms with Gasteiger partial charge in [0.05, 0.1) is 11.1 Å². The molecule has 3 rings (SSSR count). The molecule has 0 aliphatic carbocycles. The van der Waals surface area contributed by atoms with E-state index in [1.54, 1.807) is 36.4 Å². The molecule has 0 aliphatic heterocycles. The van der Waals surface area contributed by atoms with Crippen LogP contribution in [0.1, 0.15) is 5.56 Å². The Bertz CT molecular complexity index is 903. The van der Waals surface area contributed by atoms with Crippen LogP contribution < -0.4 is 5.63 Å². The normalized spacial score (nSPS) is 10.3. The van der Waals surface area contributed by atoms with E-state index >= 15 is 0 Å². The number of nitrogens with zero attached hydrogens (tertiary/aromatic N) is 1. The minimum Gasteiger partial charge on any atom is -0.508 e. The summed E-state index contributed by atoms with van der Waals surface area (Å²) in [6.07, 6.45) is 0. The summed E-state index contributed by atoms with van der Waals surface area (Å²) < 4.78 is 5.25. The molecule has 2 aromatic carbocycles. The molecule has 1 N–H and O–H groups in total. The second-order valence-electron chi connectivity index (χ2n) is 4.33. The molecule has 0 saturated heterocycles. The molecule has 0 atom stereocenters. The molecule has 4 nitrogen and oxygen atoms in total. The molecule has 0 amide bonds. The van der Waals surface area contributed by atoms with Crippen LogP contribution in [0.5, 0.6) is 5.75 Å². The van der Waals surface area contributed by atoms with E-state index in [4.69, 9.17) is 9.68 Å². The highest BCUT2D eigenvalue weighted by molar-refractivity contribution is 5.85. The number of phenols is 1. The molecule has 1 aromatic heterocycles. The second kappa shape index (κ2) is 4.56. The van der Waals surface area contributed by atoms with Crippen LogP contribution >= 0.6 is 0 Å². The lowest BCUT2D eigenvalue weighted by Crippen LogP contribution is -2.03. The van der Waals surface area contributed by atoms with Crippen LogP contribution in [0.25, 0.3) is 22.1 Å². The Morgan fingerprint density at radius 3 is 2.65 bits per heavy atom. The molecule has 0 bridgehead atoms. The van der Waals surface area contributed by atoms with E-state index in [1.807, 2.05) is 6.07 Å². The van der Waals surface area contributed by atoms with Gasteiger partial charge in [-0.25, -0.2) is 4.79 Å². The fourth-order valence-corrected chi connectivity index (χ4v) is 2.11. The van der Waals surface area contributed by atoms with Crippen molar-refractivity contribution in [2.75, 3.05) is 0 Å². The maximum atomic E-state index is 12.1. The first-order valence-corrected chi connectivity index (χ1v) is 5.95. The Labute approximate surface area is 114 Å². The number of nitriles is 1. The van der Waals surface area contributed by atoms with Gasteiger partial charge in [0.2, 0.25) is 0 Å². The summed E-state index contributed by atoms with van der Waals surface area (Å²) in [5.74, 6) is 0.0766. The maximum absolute atomic E-state index is 12.1. The van der Waals surface area contributed by atoms with Crippen molar-refractivity contribution in [3.05, 3.63) is 64.5 Å². The monoisotopic (exact) mass is 263 g/mol. The van der Waals surface area contributed by atoms with Gasteiger partial charge >= 0.3 is 5.63 Å². The van der Waals surface area contributed by atoms with Crippen LogP contribution in [0, 0.1) is 11.3 Å². The number of phenolic OH excluding ortho intramolecular Hbond substituents is 1. The number of para-hydroxylation sites is 1. The van der Waals surface area contributed by atoms with Gasteiger partial charge in [-0.05, 0) is 29.8 Å². The van der Waals surface area contributed by atoms with Crippen molar-refractivity contribution in [2.45, 2.75) is 0 Å². The van der Waals surface area contributed by atoms with E-state index in [2.05, 4.69) is 0 Å². The molecule has 0 aliphatic rings. The largest absolute Gasteiger partial charge is 0.508 e. The van der Waals surface area contributed by atoms with Gasteiger partial charge in [0.1, 0.15) is 11.8 Å². The fraction of sp³-hybridized carbons (Fsp3) is 0. The van der Waals surface area contributed by atoms with Gasteiger partial charge in [0, 0.05) is 5.39 Å². The first-order valence-electron chi connectivity index (χ1n) is 5.95. The third kappa shape index (κ3) is 1.91. The zero-order valence-electron chi connectivity index (χ0n) is 10.3. The lowest BCUT2D eigenvalue weighted by molar-refractivity contribution is 0.475. The highest BCUT2D eigenvalue weighted by atomic mass is 16.4. The van der Waals surface area contributed by atoms with Gasteiger partial charge in [-0.3, -0.25) is 0 Å². The first kappa shape index (κ1) is 12.0. The van der Waals surface area contributed by atoms with Crippen LogP contribution in [0.4, 0.5) is 0 Å². The number of hydrogen-bond acceptors (Lipinski definition) is 4.